The summed E-state index contributed by atoms with van der Waals surface area (Å²) in [6.45, 7) is 8.75. The molecule has 1 aromatic heterocycles. The molecule has 0 radical (unpaired) electrons. The molecule has 1 aromatic rings. The average molecular weight is 253 g/mol. The molecule has 1 fully saturated rings. The van der Waals surface area contributed by atoms with E-state index in [0.717, 1.165) is 19.1 Å². The SMILES string of the molecule is CCCN(c1ncc(C(C)NCC)s1)C1CC1. The quantitative estimate of drug-likeness (QED) is 0.809. The lowest BCUT2D eigenvalue weighted by molar-refractivity contribution is 0.606. The first-order valence-electron chi connectivity index (χ1n) is 6.72. The maximum absolute atomic E-state index is 4.60. The van der Waals surface area contributed by atoms with Gasteiger partial charge in [0, 0.05) is 29.7 Å². The van der Waals surface area contributed by atoms with Gasteiger partial charge in [-0.15, -0.1) is 11.3 Å². The van der Waals surface area contributed by atoms with Crippen LogP contribution in [0.25, 0.3) is 0 Å². The zero-order valence-electron chi connectivity index (χ0n) is 11.1. The van der Waals surface area contributed by atoms with Gasteiger partial charge >= 0.3 is 0 Å². The van der Waals surface area contributed by atoms with Crippen molar-refractivity contribution >= 4 is 16.5 Å². The second kappa shape index (κ2) is 5.83. The van der Waals surface area contributed by atoms with E-state index in [4.69, 9.17) is 0 Å². The molecule has 4 heteroatoms. The predicted molar refractivity (Wildman–Crippen MR) is 74.9 cm³/mol. The van der Waals surface area contributed by atoms with Gasteiger partial charge in [-0.1, -0.05) is 13.8 Å². The molecule has 1 unspecified atom stereocenters. The average Bonchev–Trinajstić information content (AvgIpc) is 3.03. The minimum Gasteiger partial charge on any atom is -0.345 e. The summed E-state index contributed by atoms with van der Waals surface area (Å²) in [4.78, 5) is 8.45. The Balaban J connectivity index is 2.04. The molecule has 0 bridgehead atoms. The lowest BCUT2D eigenvalue weighted by atomic mass is 10.3. The van der Waals surface area contributed by atoms with E-state index in [1.54, 1.807) is 0 Å². The number of hydrogen-bond donors (Lipinski definition) is 1. The highest BCUT2D eigenvalue weighted by atomic mass is 32.1. The molecule has 1 aliphatic rings. The van der Waals surface area contributed by atoms with Crippen LogP contribution in [0.2, 0.25) is 0 Å². The molecule has 0 spiro atoms. The van der Waals surface area contributed by atoms with Gasteiger partial charge in [-0.05, 0) is 32.7 Å². The van der Waals surface area contributed by atoms with Crippen LogP contribution in [-0.2, 0) is 0 Å². The summed E-state index contributed by atoms with van der Waals surface area (Å²) in [5.41, 5.74) is 0. The Labute approximate surface area is 108 Å². The molecule has 3 nitrogen and oxygen atoms in total. The molecule has 1 atom stereocenters. The van der Waals surface area contributed by atoms with Crippen molar-refractivity contribution in [2.45, 2.75) is 52.1 Å². The van der Waals surface area contributed by atoms with Gasteiger partial charge in [0.2, 0.25) is 0 Å². The number of nitrogens with one attached hydrogen (secondary N) is 1. The Bertz CT molecular complexity index is 346. The van der Waals surface area contributed by atoms with Gasteiger partial charge in [0.15, 0.2) is 5.13 Å². The lowest BCUT2D eigenvalue weighted by Gasteiger charge is -2.20. The molecule has 96 valence electrons. The fraction of sp³-hybridized carbons (Fsp3) is 0.769. The summed E-state index contributed by atoms with van der Waals surface area (Å²) in [5.74, 6) is 0. The van der Waals surface area contributed by atoms with E-state index in [9.17, 15) is 0 Å². The topological polar surface area (TPSA) is 28.2 Å². The molecule has 0 saturated heterocycles. The van der Waals surface area contributed by atoms with Gasteiger partial charge in [0.1, 0.15) is 0 Å². The molecule has 2 rings (SSSR count). The van der Waals surface area contributed by atoms with E-state index in [2.05, 4.69) is 36.0 Å². The molecule has 1 saturated carbocycles. The van der Waals surface area contributed by atoms with Crippen LogP contribution in [0, 0.1) is 0 Å². The number of rotatable bonds is 7. The number of thiazole rings is 1. The van der Waals surface area contributed by atoms with E-state index >= 15 is 0 Å². The third-order valence-electron chi connectivity index (χ3n) is 3.15. The van der Waals surface area contributed by atoms with Crippen molar-refractivity contribution in [2.24, 2.45) is 0 Å². The van der Waals surface area contributed by atoms with Crippen molar-refractivity contribution in [3.63, 3.8) is 0 Å². The first kappa shape index (κ1) is 12.8. The molecule has 1 heterocycles. The smallest absolute Gasteiger partial charge is 0.185 e. The van der Waals surface area contributed by atoms with Crippen molar-refractivity contribution in [1.82, 2.24) is 10.3 Å². The van der Waals surface area contributed by atoms with Crippen LogP contribution in [0.15, 0.2) is 6.20 Å². The van der Waals surface area contributed by atoms with Crippen molar-refractivity contribution in [3.05, 3.63) is 11.1 Å². The van der Waals surface area contributed by atoms with Crippen LogP contribution in [-0.4, -0.2) is 24.1 Å². The number of anilines is 1. The third kappa shape index (κ3) is 3.19. The maximum atomic E-state index is 4.60. The Morgan fingerprint density at radius 3 is 2.88 bits per heavy atom. The molecule has 17 heavy (non-hydrogen) atoms. The second-order valence-electron chi connectivity index (χ2n) is 4.75. The number of nitrogens with zero attached hydrogens (tertiary/aromatic N) is 2. The lowest BCUT2D eigenvalue weighted by Crippen LogP contribution is -2.26. The van der Waals surface area contributed by atoms with E-state index in [1.165, 1.54) is 29.3 Å². The standard InChI is InChI=1S/C13H23N3S/c1-4-8-16(11-6-7-11)13-15-9-12(17-13)10(3)14-5-2/h9-11,14H,4-8H2,1-3H3. The number of aromatic nitrogens is 1. The fourth-order valence-corrected chi connectivity index (χ4v) is 3.12. The van der Waals surface area contributed by atoms with Gasteiger partial charge in [0.05, 0.1) is 0 Å². The van der Waals surface area contributed by atoms with Crippen LogP contribution >= 0.6 is 11.3 Å². The highest BCUT2D eigenvalue weighted by Crippen LogP contribution is 2.35. The second-order valence-corrected chi connectivity index (χ2v) is 5.79. The van der Waals surface area contributed by atoms with Crippen LogP contribution in [0.4, 0.5) is 5.13 Å². The Hall–Kier alpha value is -0.610. The predicted octanol–water partition coefficient (Wildman–Crippen LogP) is 3.19. The Kier molecular flexibility index (Phi) is 4.40. The molecule has 1 aliphatic carbocycles. The van der Waals surface area contributed by atoms with Crippen LogP contribution in [0.5, 0.6) is 0 Å². The molecule has 1 N–H and O–H groups in total. The van der Waals surface area contributed by atoms with Gasteiger partial charge in [-0.3, -0.25) is 0 Å². The van der Waals surface area contributed by atoms with Gasteiger partial charge in [-0.2, -0.15) is 0 Å². The van der Waals surface area contributed by atoms with Crippen molar-refractivity contribution in [2.75, 3.05) is 18.0 Å². The summed E-state index contributed by atoms with van der Waals surface area (Å²) in [6, 6.07) is 1.19. The summed E-state index contributed by atoms with van der Waals surface area (Å²) in [5, 5.41) is 4.66. The largest absolute Gasteiger partial charge is 0.345 e. The zero-order valence-corrected chi connectivity index (χ0v) is 11.9. The first-order chi connectivity index (χ1) is 8.26. The Morgan fingerprint density at radius 2 is 2.29 bits per heavy atom. The van der Waals surface area contributed by atoms with Crippen molar-refractivity contribution in [3.8, 4) is 0 Å². The first-order valence-corrected chi connectivity index (χ1v) is 7.53. The van der Waals surface area contributed by atoms with Crippen molar-refractivity contribution in [1.29, 1.82) is 0 Å². The summed E-state index contributed by atoms with van der Waals surface area (Å²) < 4.78 is 0. The molecule has 0 aromatic carbocycles. The van der Waals surface area contributed by atoms with E-state index in [1.807, 2.05) is 17.5 Å². The highest BCUT2D eigenvalue weighted by molar-refractivity contribution is 7.15. The number of hydrogen-bond acceptors (Lipinski definition) is 4. The molecular weight excluding hydrogens is 230 g/mol. The molecule has 0 aliphatic heterocycles. The third-order valence-corrected chi connectivity index (χ3v) is 4.36. The van der Waals surface area contributed by atoms with E-state index < -0.39 is 0 Å². The van der Waals surface area contributed by atoms with Crippen LogP contribution in [0.3, 0.4) is 0 Å². The van der Waals surface area contributed by atoms with E-state index in [0.29, 0.717) is 6.04 Å². The van der Waals surface area contributed by atoms with Crippen LogP contribution in [0.1, 0.15) is 51.0 Å². The van der Waals surface area contributed by atoms with Crippen LogP contribution < -0.4 is 10.2 Å². The van der Waals surface area contributed by atoms with Gasteiger partial charge in [-0.25, -0.2) is 4.98 Å². The summed E-state index contributed by atoms with van der Waals surface area (Å²) in [7, 11) is 0. The van der Waals surface area contributed by atoms with E-state index in [-0.39, 0.29) is 0 Å². The highest BCUT2D eigenvalue weighted by Gasteiger charge is 2.30. The summed E-state index contributed by atoms with van der Waals surface area (Å²) in [6.07, 6.45) is 5.93. The van der Waals surface area contributed by atoms with Crippen molar-refractivity contribution < 1.29 is 0 Å². The normalized spacial score (nSPS) is 17.1. The minimum absolute atomic E-state index is 0.425. The summed E-state index contributed by atoms with van der Waals surface area (Å²) >= 11 is 1.85. The monoisotopic (exact) mass is 253 g/mol. The van der Waals surface area contributed by atoms with Gasteiger partial charge in [0.25, 0.3) is 0 Å². The molecule has 0 amide bonds. The Morgan fingerprint density at radius 1 is 1.53 bits per heavy atom. The van der Waals surface area contributed by atoms with Gasteiger partial charge < -0.3 is 10.2 Å². The fourth-order valence-electron chi connectivity index (χ4n) is 2.08. The minimum atomic E-state index is 0.425. The zero-order chi connectivity index (χ0) is 12.3. The molecular formula is C13H23N3S. The maximum Gasteiger partial charge on any atom is 0.185 e.